The van der Waals surface area contributed by atoms with Crippen LogP contribution in [0.1, 0.15) is 96.8 Å². The second kappa shape index (κ2) is 19.1. The van der Waals surface area contributed by atoms with E-state index >= 15 is 0 Å². The van der Waals surface area contributed by atoms with Crippen LogP contribution in [-0.4, -0.2) is 0 Å². The molecule has 0 saturated carbocycles. The van der Waals surface area contributed by atoms with Gasteiger partial charge in [0, 0.05) is 0 Å². The minimum atomic E-state index is 0. The molecule has 0 fully saturated rings. The molecule has 0 saturated heterocycles. The van der Waals surface area contributed by atoms with Gasteiger partial charge in [-0.1, -0.05) is 90.4 Å². The van der Waals surface area contributed by atoms with E-state index in [1.807, 2.05) is 0 Å². The van der Waals surface area contributed by atoms with Crippen molar-refractivity contribution in [3.63, 3.8) is 0 Å². The first kappa shape index (κ1) is 20.1. The first-order valence-electron chi connectivity index (χ1n) is 7.71. The van der Waals surface area contributed by atoms with Crippen molar-refractivity contribution in [2.24, 2.45) is 0 Å². The normalized spacial score (nSPS) is 10.2. The summed E-state index contributed by atoms with van der Waals surface area (Å²) in [4.78, 5) is 0. The molecule has 0 unspecified atom stereocenters. The molecule has 0 spiro atoms. The van der Waals surface area contributed by atoms with Crippen LogP contribution in [0.25, 0.3) is 0 Å². The summed E-state index contributed by atoms with van der Waals surface area (Å²) < 4.78 is 0. The van der Waals surface area contributed by atoms with E-state index in [1.54, 1.807) is 0 Å². The molecule has 108 valence electrons. The number of unbranched alkanes of at least 4 members (excludes halogenated alkanes) is 13. The zero-order valence-corrected chi connectivity index (χ0v) is 14.1. The fraction of sp³-hybridized carbons (Fsp3) is 0.938. The molecule has 1 heteroatoms. The molecule has 0 amide bonds. The molecule has 0 aromatic rings. The Morgan fingerprint density at radius 3 is 1.12 bits per heavy atom. The van der Waals surface area contributed by atoms with Gasteiger partial charge in [0.15, 0.2) is 0 Å². The van der Waals surface area contributed by atoms with Gasteiger partial charge < -0.3 is 6.92 Å². The maximum atomic E-state index is 3.87. The average Bonchev–Trinajstić information content (AvgIpc) is 2.31. The van der Waals surface area contributed by atoms with E-state index < -0.39 is 0 Å². The van der Waals surface area contributed by atoms with Gasteiger partial charge in [0.05, 0.1) is 0 Å². The summed E-state index contributed by atoms with van der Waals surface area (Å²) in [5.41, 5.74) is 0. The van der Waals surface area contributed by atoms with Crippen molar-refractivity contribution in [3.8, 4) is 0 Å². The van der Waals surface area contributed by atoms with Gasteiger partial charge >= 0.3 is 22.4 Å². The molecule has 17 heavy (non-hydrogen) atoms. The van der Waals surface area contributed by atoms with Crippen molar-refractivity contribution in [2.45, 2.75) is 96.8 Å². The Morgan fingerprint density at radius 2 is 0.824 bits per heavy atom. The molecule has 0 nitrogen and oxygen atoms in total. The minimum absolute atomic E-state index is 0. The standard InChI is InChI=1S/C16H33.Au/c1-3-5-7-9-11-13-15-16-14-12-10-8-6-4-2;/h1,3-16H2,2H3;/q-1;+1. The molecule has 0 bridgehead atoms. The largest absolute Gasteiger partial charge is 1.00 e. The van der Waals surface area contributed by atoms with E-state index in [4.69, 9.17) is 0 Å². The van der Waals surface area contributed by atoms with Crippen LogP contribution in [0.4, 0.5) is 0 Å². The number of hydrogen-bond donors (Lipinski definition) is 0. The second-order valence-corrected chi connectivity index (χ2v) is 5.10. The van der Waals surface area contributed by atoms with E-state index in [0.717, 1.165) is 6.42 Å². The third kappa shape index (κ3) is 19.3. The first-order chi connectivity index (χ1) is 7.91. The Labute approximate surface area is 126 Å². The SMILES string of the molecule is [Au+].[CH2-]CCCCCCCCCCCCCCC. The smallest absolute Gasteiger partial charge is 0.343 e. The molecule has 0 radical (unpaired) electrons. The molecule has 0 aromatic carbocycles. The van der Waals surface area contributed by atoms with E-state index in [1.165, 1.54) is 83.5 Å². The van der Waals surface area contributed by atoms with Crippen LogP contribution in [0.15, 0.2) is 0 Å². The maximum Gasteiger partial charge on any atom is 1.00 e. The molecule has 0 N–H and O–H groups in total. The molecule has 0 aliphatic heterocycles. The Morgan fingerprint density at radius 1 is 0.529 bits per heavy atom. The molecule has 0 rings (SSSR count). The van der Waals surface area contributed by atoms with Crippen LogP contribution in [0, 0.1) is 6.92 Å². The number of hydrogen-bond acceptors (Lipinski definition) is 0. The van der Waals surface area contributed by atoms with E-state index in [0.29, 0.717) is 0 Å². The van der Waals surface area contributed by atoms with Gasteiger partial charge in [-0.15, -0.1) is 0 Å². The van der Waals surface area contributed by atoms with Gasteiger partial charge in [0.1, 0.15) is 0 Å². The zero-order valence-electron chi connectivity index (χ0n) is 11.9. The molecule has 0 heterocycles. The van der Waals surface area contributed by atoms with Crippen LogP contribution in [-0.2, 0) is 22.4 Å². The molecule has 0 aliphatic rings. The van der Waals surface area contributed by atoms with Crippen molar-refractivity contribution in [3.05, 3.63) is 6.92 Å². The van der Waals surface area contributed by atoms with Crippen molar-refractivity contribution in [1.82, 2.24) is 0 Å². The van der Waals surface area contributed by atoms with Crippen molar-refractivity contribution in [1.29, 1.82) is 0 Å². The van der Waals surface area contributed by atoms with E-state index in [2.05, 4.69) is 13.8 Å². The predicted molar refractivity (Wildman–Crippen MR) is 75.7 cm³/mol. The third-order valence-electron chi connectivity index (χ3n) is 3.35. The second-order valence-electron chi connectivity index (χ2n) is 5.10. The molecular weight excluding hydrogens is 389 g/mol. The summed E-state index contributed by atoms with van der Waals surface area (Å²) in [6.07, 6.45) is 19.8. The topological polar surface area (TPSA) is 0 Å². The van der Waals surface area contributed by atoms with Gasteiger partial charge in [-0.05, 0) is 0 Å². The van der Waals surface area contributed by atoms with Gasteiger partial charge in [-0.2, -0.15) is 6.42 Å². The quantitative estimate of drug-likeness (QED) is 0.186. The first-order valence-corrected chi connectivity index (χ1v) is 7.71. The van der Waals surface area contributed by atoms with Gasteiger partial charge in [0.25, 0.3) is 0 Å². The Kier molecular flexibility index (Phi) is 22.5. The predicted octanol–water partition coefficient (Wildman–Crippen LogP) is 6.30. The molecule has 0 aliphatic carbocycles. The van der Waals surface area contributed by atoms with Crippen LogP contribution < -0.4 is 0 Å². The molecular formula is C16H33Au. The summed E-state index contributed by atoms with van der Waals surface area (Å²) in [6.45, 7) is 6.16. The summed E-state index contributed by atoms with van der Waals surface area (Å²) in [7, 11) is 0. The fourth-order valence-corrected chi connectivity index (χ4v) is 2.19. The zero-order chi connectivity index (χ0) is 11.9. The van der Waals surface area contributed by atoms with Gasteiger partial charge in [0.2, 0.25) is 0 Å². The van der Waals surface area contributed by atoms with Crippen LogP contribution in [0.5, 0.6) is 0 Å². The summed E-state index contributed by atoms with van der Waals surface area (Å²) in [5, 5.41) is 0. The van der Waals surface area contributed by atoms with Crippen molar-refractivity contribution in [2.75, 3.05) is 0 Å². The van der Waals surface area contributed by atoms with Crippen LogP contribution in [0.3, 0.4) is 0 Å². The third-order valence-corrected chi connectivity index (χ3v) is 3.35. The monoisotopic (exact) mass is 422 g/mol. The van der Waals surface area contributed by atoms with E-state index in [-0.39, 0.29) is 22.4 Å². The number of rotatable bonds is 13. The van der Waals surface area contributed by atoms with Crippen molar-refractivity contribution >= 4 is 0 Å². The van der Waals surface area contributed by atoms with Crippen LogP contribution in [0.2, 0.25) is 0 Å². The molecule has 0 aromatic heterocycles. The maximum absolute atomic E-state index is 3.87. The fourth-order valence-electron chi connectivity index (χ4n) is 2.19. The average molecular weight is 422 g/mol. The Bertz CT molecular complexity index is 98.1. The van der Waals surface area contributed by atoms with Gasteiger partial charge in [-0.3, -0.25) is 0 Å². The van der Waals surface area contributed by atoms with Crippen molar-refractivity contribution < 1.29 is 22.4 Å². The van der Waals surface area contributed by atoms with Gasteiger partial charge in [-0.25, -0.2) is 0 Å². The summed E-state index contributed by atoms with van der Waals surface area (Å²) in [6, 6.07) is 0. The van der Waals surface area contributed by atoms with Crippen LogP contribution >= 0.6 is 0 Å². The molecule has 0 atom stereocenters. The van der Waals surface area contributed by atoms with E-state index in [9.17, 15) is 0 Å². The summed E-state index contributed by atoms with van der Waals surface area (Å²) in [5.74, 6) is 0. The minimum Gasteiger partial charge on any atom is -0.343 e. The Hall–Kier alpha value is 0.740. The summed E-state index contributed by atoms with van der Waals surface area (Å²) >= 11 is 0. The Balaban J connectivity index is 0.